The molecular formula is C18H21F2NO3. The van der Waals surface area contributed by atoms with Gasteiger partial charge in [-0.25, -0.2) is 8.78 Å². The number of piperidine rings is 1. The zero-order valence-electron chi connectivity index (χ0n) is 13.7. The topological polar surface area (TPSA) is 38.8 Å². The third-order valence-electron chi connectivity index (χ3n) is 4.60. The second-order valence-electron chi connectivity index (χ2n) is 6.40. The first-order chi connectivity index (χ1) is 11.5. The fraction of sp³-hybridized carbons (Fsp3) is 0.500. The van der Waals surface area contributed by atoms with Crippen molar-refractivity contribution in [3.63, 3.8) is 0 Å². The Morgan fingerprint density at radius 1 is 1.33 bits per heavy atom. The molecule has 24 heavy (non-hydrogen) atoms. The number of carbonyl (C=O) groups excluding carboxylic acids is 1. The van der Waals surface area contributed by atoms with Crippen molar-refractivity contribution in [3.8, 4) is 5.75 Å². The van der Waals surface area contributed by atoms with Gasteiger partial charge in [-0.05, 0) is 38.3 Å². The number of ether oxygens (including phenoxy) is 2. The minimum Gasteiger partial charge on any atom is -0.481 e. The molecule has 0 unspecified atom stereocenters. The Labute approximate surface area is 140 Å². The van der Waals surface area contributed by atoms with E-state index in [1.165, 1.54) is 11.6 Å². The lowest BCUT2D eigenvalue weighted by Gasteiger charge is -2.42. The summed E-state index contributed by atoms with van der Waals surface area (Å²) in [5.41, 5.74) is 1.08. The van der Waals surface area contributed by atoms with Crippen molar-refractivity contribution in [1.82, 2.24) is 4.90 Å². The molecule has 3 rings (SSSR count). The van der Waals surface area contributed by atoms with Crippen LogP contribution in [0.5, 0.6) is 5.75 Å². The number of halogens is 2. The number of benzene rings is 1. The molecule has 0 aliphatic carbocycles. The van der Waals surface area contributed by atoms with Gasteiger partial charge in [-0.2, -0.15) is 0 Å². The van der Waals surface area contributed by atoms with E-state index in [2.05, 4.69) is 13.0 Å². The normalized spacial score (nSPS) is 20.0. The highest BCUT2D eigenvalue weighted by Gasteiger charge is 2.36. The summed E-state index contributed by atoms with van der Waals surface area (Å²) in [4.78, 5) is 13.9. The van der Waals surface area contributed by atoms with Crippen LogP contribution in [0.4, 0.5) is 8.78 Å². The van der Waals surface area contributed by atoms with Crippen molar-refractivity contribution >= 4 is 5.91 Å². The van der Waals surface area contributed by atoms with Crippen LogP contribution < -0.4 is 4.74 Å². The molecule has 130 valence electrons. The molecule has 2 aliphatic rings. The van der Waals surface area contributed by atoms with Crippen LogP contribution in [-0.2, 0) is 9.53 Å². The maximum absolute atomic E-state index is 13.5. The summed E-state index contributed by atoms with van der Waals surface area (Å²) in [6.07, 6.45) is 4.64. The van der Waals surface area contributed by atoms with Crippen molar-refractivity contribution in [3.05, 3.63) is 41.5 Å². The van der Waals surface area contributed by atoms with E-state index in [0.717, 1.165) is 38.0 Å². The predicted molar refractivity (Wildman–Crippen MR) is 84.7 cm³/mol. The molecule has 1 fully saturated rings. The Hall–Kier alpha value is -1.95. The second kappa shape index (κ2) is 6.89. The molecular weight excluding hydrogens is 316 g/mol. The fourth-order valence-corrected chi connectivity index (χ4v) is 3.22. The van der Waals surface area contributed by atoms with E-state index in [1.54, 1.807) is 4.90 Å². The van der Waals surface area contributed by atoms with Crippen LogP contribution in [0.1, 0.15) is 26.2 Å². The fourth-order valence-electron chi connectivity index (χ4n) is 3.22. The molecule has 2 heterocycles. The Morgan fingerprint density at radius 3 is 2.75 bits per heavy atom. The van der Waals surface area contributed by atoms with Crippen LogP contribution in [0.3, 0.4) is 0 Å². The lowest BCUT2D eigenvalue weighted by molar-refractivity contribution is -0.138. The number of hydrogen-bond donors (Lipinski definition) is 0. The van der Waals surface area contributed by atoms with Crippen LogP contribution in [0, 0.1) is 11.6 Å². The van der Waals surface area contributed by atoms with Crippen molar-refractivity contribution in [2.24, 2.45) is 0 Å². The molecule has 1 amide bonds. The van der Waals surface area contributed by atoms with Gasteiger partial charge in [0.15, 0.2) is 18.2 Å². The highest BCUT2D eigenvalue weighted by Crippen LogP contribution is 2.33. The van der Waals surface area contributed by atoms with Gasteiger partial charge < -0.3 is 14.4 Å². The van der Waals surface area contributed by atoms with Crippen LogP contribution in [0.2, 0.25) is 0 Å². The average molecular weight is 337 g/mol. The smallest absolute Gasteiger partial charge is 0.260 e. The summed E-state index contributed by atoms with van der Waals surface area (Å²) in [6.45, 7) is 3.73. The van der Waals surface area contributed by atoms with Gasteiger partial charge in [0.1, 0.15) is 5.82 Å². The minimum atomic E-state index is -0.809. The highest BCUT2D eigenvalue weighted by molar-refractivity contribution is 5.78. The Bertz CT molecular complexity index is 652. The van der Waals surface area contributed by atoms with Gasteiger partial charge >= 0.3 is 0 Å². The minimum absolute atomic E-state index is 0.118. The quantitative estimate of drug-likeness (QED) is 0.796. The summed E-state index contributed by atoms with van der Waals surface area (Å²) in [7, 11) is 0. The lowest BCUT2D eigenvalue weighted by Crippen LogP contribution is -2.49. The monoisotopic (exact) mass is 337 g/mol. The van der Waals surface area contributed by atoms with Crippen LogP contribution >= 0.6 is 0 Å². The number of hydrogen-bond acceptors (Lipinski definition) is 3. The summed E-state index contributed by atoms with van der Waals surface area (Å²) in [6, 6.07) is 3.02. The zero-order chi connectivity index (χ0) is 17.2. The number of likely N-dealkylation sites (tertiary alicyclic amines) is 1. The lowest BCUT2D eigenvalue weighted by atomic mass is 9.87. The number of amides is 1. The van der Waals surface area contributed by atoms with Crippen molar-refractivity contribution in [2.75, 3.05) is 26.3 Å². The van der Waals surface area contributed by atoms with E-state index in [4.69, 9.17) is 9.47 Å². The van der Waals surface area contributed by atoms with Crippen molar-refractivity contribution < 1.29 is 23.0 Å². The average Bonchev–Trinajstić information content (AvgIpc) is 2.54. The molecule has 0 bridgehead atoms. The second-order valence-corrected chi connectivity index (χ2v) is 6.40. The van der Waals surface area contributed by atoms with Gasteiger partial charge in [0.05, 0.1) is 12.2 Å². The van der Waals surface area contributed by atoms with Gasteiger partial charge in [-0.1, -0.05) is 11.6 Å². The standard InChI is InChI=1S/C18H21F2NO3/c1-13-4-9-24-18(11-13)5-7-21(8-6-18)17(22)12-23-16-3-2-14(19)10-15(16)20/h2-3,10-11H,4-9,12H2,1H3. The maximum atomic E-state index is 13.5. The third-order valence-corrected chi connectivity index (χ3v) is 4.60. The highest BCUT2D eigenvalue weighted by atomic mass is 19.1. The van der Waals surface area contributed by atoms with E-state index in [-0.39, 0.29) is 23.9 Å². The first-order valence-electron chi connectivity index (χ1n) is 8.15. The molecule has 0 N–H and O–H groups in total. The molecule has 1 aromatic carbocycles. The van der Waals surface area contributed by atoms with E-state index in [9.17, 15) is 13.6 Å². The van der Waals surface area contributed by atoms with Crippen LogP contribution in [0.25, 0.3) is 0 Å². The van der Waals surface area contributed by atoms with Crippen LogP contribution in [-0.4, -0.2) is 42.7 Å². The van der Waals surface area contributed by atoms with Gasteiger partial charge in [-0.3, -0.25) is 4.79 Å². The Morgan fingerprint density at radius 2 is 2.08 bits per heavy atom. The first-order valence-corrected chi connectivity index (χ1v) is 8.15. The van der Waals surface area contributed by atoms with Gasteiger partial charge in [0, 0.05) is 19.2 Å². The third kappa shape index (κ3) is 3.75. The maximum Gasteiger partial charge on any atom is 0.260 e. The van der Waals surface area contributed by atoms with Gasteiger partial charge in [-0.15, -0.1) is 0 Å². The van der Waals surface area contributed by atoms with E-state index in [1.807, 2.05) is 0 Å². The molecule has 1 saturated heterocycles. The summed E-state index contributed by atoms with van der Waals surface area (Å²) in [5.74, 6) is -1.81. The van der Waals surface area contributed by atoms with E-state index >= 15 is 0 Å². The summed E-state index contributed by atoms with van der Waals surface area (Å²) < 4.78 is 37.5. The van der Waals surface area contributed by atoms with Crippen LogP contribution in [0.15, 0.2) is 29.8 Å². The van der Waals surface area contributed by atoms with Gasteiger partial charge in [0.2, 0.25) is 0 Å². The largest absolute Gasteiger partial charge is 0.481 e. The molecule has 0 aromatic heterocycles. The molecule has 2 aliphatic heterocycles. The molecule has 6 heteroatoms. The van der Waals surface area contributed by atoms with Crippen molar-refractivity contribution in [2.45, 2.75) is 31.8 Å². The first kappa shape index (κ1) is 16.9. The van der Waals surface area contributed by atoms with Crippen molar-refractivity contribution in [1.29, 1.82) is 0 Å². The number of nitrogens with zero attached hydrogens (tertiary/aromatic N) is 1. The molecule has 0 radical (unpaired) electrons. The number of rotatable bonds is 3. The predicted octanol–water partition coefficient (Wildman–Crippen LogP) is 3.07. The molecule has 1 spiro atoms. The SMILES string of the molecule is CC1=CC2(CCN(C(=O)COc3ccc(F)cc3F)CC2)OCC1. The molecule has 1 aromatic rings. The summed E-state index contributed by atoms with van der Waals surface area (Å²) >= 11 is 0. The van der Waals surface area contributed by atoms with E-state index < -0.39 is 11.6 Å². The van der Waals surface area contributed by atoms with E-state index in [0.29, 0.717) is 13.1 Å². The Kier molecular flexibility index (Phi) is 4.85. The molecule has 4 nitrogen and oxygen atoms in total. The molecule has 0 atom stereocenters. The van der Waals surface area contributed by atoms with Gasteiger partial charge in [0.25, 0.3) is 5.91 Å². The Balaban J connectivity index is 1.53. The number of carbonyl (C=O) groups is 1. The summed E-state index contributed by atoms with van der Waals surface area (Å²) in [5, 5.41) is 0. The molecule has 0 saturated carbocycles. The zero-order valence-corrected chi connectivity index (χ0v) is 13.7.